The van der Waals surface area contributed by atoms with Gasteiger partial charge in [0.05, 0.1) is 17.4 Å². The molecule has 5 nitrogen and oxygen atoms in total. The summed E-state index contributed by atoms with van der Waals surface area (Å²) >= 11 is 0. The molecule has 0 heterocycles. The molecule has 0 saturated heterocycles. The maximum Gasteiger partial charge on any atom is 0.212 e. The summed E-state index contributed by atoms with van der Waals surface area (Å²) in [5, 5.41) is 11.8. The highest BCUT2D eigenvalue weighted by Gasteiger charge is 2.19. The first-order valence-corrected chi connectivity index (χ1v) is 8.91. The van der Waals surface area contributed by atoms with E-state index in [1.165, 1.54) is 6.42 Å². The first-order chi connectivity index (χ1) is 10.1. The van der Waals surface area contributed by atoms with Crippen molar-refractivity contribution in [1.82, 2.24) is 10.0 Å². The molecule has 21 heavy (non-hydrogen) atoms. The van der Waals surface area contributed by atoms with E-state index in [2.05, 4.69) is 16.1 Å². The van der Waals surface area contributed by atoms with Crippen LogP contribution in [0.2, 0.25) is 0 Å². The van der Waals surface area contributed by atoms with Gasteiger partial charge in [0, 0.05) is 19.6 Å². The van der Waals surface area contributed by atoms with Crippen molar-refractivity contribution in [2.24, 2.45) is 5.92 Å². The number of nitrogens with zero attached hydrogens (tertiary/aromatic N) is 1. The van der Waals surface area contributed by atoms with Gasteiger partial charge < -0.3 is 5.32 Å². The van der Waals surface area contributed by atoms with Gasteiger partial charge in [0.15, 0.2) is 0 Å². The van der Waals surface area contributed by atoms with Crippen molar-refractivity contribution in [1.29, 1.82) is 5.26 Å². The Hall–Kier alpha value is -1.42. The zero-order valence-corrected chi connectivity index (χ0v) is 12.8. The molecular weight excluding hydrogens is 286 g/mol. The van der Waals surface area contributed by atoms with E-state index in [1.54, 1.807) is 12.1 Å². The number of nitrogens with one attached hydrogen (secondary N) is 2. The van der Waals surface area contributed by atoms with Crippen LogP contribution in [0.4, 0.5) is 0 Å². The molecule has 0 aliphatic heterocycles. The van der Waals surface area contributed by atoms with Crippen molar-refractivity contribution in [2.45, 2.75) is 25.8 Å². The number of sulfonamides is 1. The average molecular weight is 307 g/mol. The summed E-state index contributed by atoms with van der Waals surface area (Å²) in [6.07, 6.45) is 3.50. The fourth-order valence-electron chi connectivity index (χ4n) is 2.15. The van der Waals surface area contributed by atoms with Crippen molar-refractivity contribution < 1.29 is 8.42 Å². The second-order valence-corrected chi connectivity index (χ2v) is 7.38. The summed E-state index contributed by atoms with van der Waals surface area (Å²) in [5.74, 6) is 0.627. The molecule has 0 amide bonds. The molecule has 0 unspecified atom stereocenters. The van der Waals surface area contributed by atoms with Gasteiger partial charge >= 0.3 is 0 Å². The first-order valence-electron chi connectivity index (χ1n) is 7.26. The van der Waals surface area contributed by atoms with Crippen LogP contribution < -0.4 is 10.0 Å². The second-order valence-electron chi connectivity index (χ2n) is 5.45. The maximum absolute atomic E-state index is 11.8. The summed E-state index contributed by atoms with van der Waals surface area (Å²) in [6, 6.07) is 9.32. The Labute approximate surface area is 126 Å². The van der Waals surface area contributed by atoms with Crippen molar-refractivity contribution in [3.05, 3.63) is 35.4 Å². The molecule has 1 aromatic rings. The fraction of sp³-hybridized carbons (Fsp3) is 0.533. The van der Waals surface area contributed by atoms with Crippen LogP contribution in [0.15, 0.2) is 24.3 Å². The molecule has 114 valence electrons. The van der Waals surface area contributed by atoms with Crippen LogP contribution in [0.5, 0.6) is 0 Å². The van der Waals surface area contributed by atoms with E-state index in [-0.39, 0.29) is 5.75 Å². The Morgan fingerprint density at radius 2 is 1.95 bits per heavy atom. The van der Waals surface area contributed by atoms with Crippen molar-refractivity contribution in [3.8, 4) is 6.07 Å². The normalized spacial score (nSPS) is 15.4. The highest BCUT2D eigenvalue weighted by Crippen LogP contribution is 2.25. The SMILES string of the molecule is N#Cc1ccc(CNCCS(=O)(=O)NCC2CCC2)cc1. The topological polar surface area (TPSA) is 82.0 Å². The Kier molecular flexibility index (Phi) is 5.74. The molecular formula is C15H21N3O2S. The summed E-state index contributed by atoms with van der Waals surface area (Å²) in [4.78, 5) is 0. The van der Waals surface area contributed by atoms with E-state index < -0.39 is 10.0 Å². The molecule has 2 N–H and O–H groups in total. The van der Waals surface area contributed by atoms with E-state index in [1.807, 2.05) is 12.1 Å². The van der Waals surface area contributed by atoms with Gasteiger partial charge in [-0.2, -0.15) is 5.26 Å². The molecule has 1 aromatic carbocycles. The van der Waals surface area contributed by atoms with Crippen LogP contribution in [0.3, 0.4) is 0 Å². The van der Waals surface area contributed by atoms with E-state index in [0.29, 0.717) is 31.1 Å². The Morgan fingerprint density at radius 3 is 2.52 bits per heavy atom. The molecule has 1 aliphatic carbocycles. The van der Waals surface area contributed by atoms with Crippen LogP contribution in [0, 0.1) is 17.2 Å². The number of rotatable bonds is 8. The van der Waals surface area contributed by atoms with Crippen LogP contribution in [-0.4, -0.2) is 27.3 Å². The molecule has 0 atom stereocenters. The van der Waals surface area contributed by atoms with Gasteiger partial charge in [-0.1, -0.05) is 18.6 Å². The lowest BCUT2D eigenvalue weighted by Crippen LogP contribution is -2.36. The number of hydrogen-bond acceptors (Lipinski definition) is 4. The van der Waals surface area contributed by atoms with Crippen molar-refractivity contribution >= 4 is 10.0 Å². The fourth-order valence-corrected chi connectivity index (χ4v) is 3.20. The number of benzene rings is 1. The minimum absolute atomic E-state index is 0.0933. The maximum atomic E-state index is 11.8. The van der Waals surface area contributed by atoms with E-state index >= 15 is 0 Å². The summed E-state index contributed by atoms with van der Waals surface area (Å²) in [7, 11) is -3.17. The lowest BCUT2D eigenvalue weighted by Gasteiger charge is -2.25. The third-order valence-electron chi connectivity index (χ3n) is 3.78. The van der Waals surface area contributed by atoms with Gasteiger partial charge in [-0.25, -0.2) is 13.1 Å². The largest absolute Gasteiger partial charge is 0.312 e. The molecule has 0 radical (unpaired) electrons. The molecule has 6 heteroatoms. The van der Waals surface area contributed by atoms with Gasteiger partial charge in [0.1, 0.15) is 0 Å². The molecule has 0 spiro atoms. The summed E-state index contributed by atoms with van der Waals surface area (Å²) < 4.78 is 26.2. The Morgan fingerprint density at radius 1 is 1.24 bits per heavy atom. The zero-order valence-electron chi connectivity index (χ0n) is 12.0. The molecule has 1 saturated carbocycles. The van der Waals surface area contributed by atoms with E-state index in [9.17, 15) is 8.42 Å². The predicted octanol–water partition coefficient (Wildman–Crippen LogP) is 1.37. The standard InChI is InChI=1S/C15H21N3O2S/c16-10-13-4-6-15(7-5-13)11-17-8-9-21(19,20)18-12-14-2-1-3-14/h4-7,14,17-18H,1-3,8-9,11-12H2. The van der Waals surface area contributed by atoms with Gasteiger partial charge in [-0.15, -0.1) is 0 Å². The predicted molar refractivity (Wildman–Crippen MR) is 82.0 cm³/mol. The van der Waals surface area contributed by atoms with Gasteiger partial charge in [-0.3, -0.25) is 0 Å². The molecule has 0 aromatic heterocycles. The average Bonchev–Trinajstić information content (AvgIpc) is 2.42. The van der Waals surface area contributed by atoms with Gasteiger partial charge in [0.25, 0.3) is 0 Å². The highest BCUT2D eigenvalue weighted by molar-refractivity contribution is 7.89. The van der Waals surface area contributed by atoms with Crippen LogP contribution in [0.25, 0.3) is 0 Å². The number of nitriles is 1. The van der Waals surface area contributed by atoms with Crippen LogP contribution in [0.1, 0.15) is 30.4 Å². The van der Waals surface area contributed by atoms with Crippen LogP contribution in [-0.2, 0) is 16.6 Å². The molecule has 0 bridgehead atoms. The quantitative estimate of drug-likeness (QED) is 0.711. The van der Waals surface area contributed by atoms with Crippen molar-refractivity contribution in [2.75, 3.05) is 18.8 Å². The molecule has 1 fully saturated rings. The molecule has 2 rings (SSSR count). The van der Waals surface area contributed by atoms with E-state index in [4.69, 9.17) is 5.26 Å². The number of hydrogen-bond donors (Lipinski definition) is 2. The molecule has 1 aliphatic rings. The smallest absolute Gasteiger partial charge is 0.212 e. The summed E-state index contributed by atoms with van der Waals surface area (Å²) in [5.41, 5.74) is 1.66. The Balaban J connectivity index is 1.64. The monoisotopic (exact) mass is 307 g/mol. The van der Waals surface area contributed by atoms with Gasteiger partial charge in [-0.05, 0) is 36.5 Å². The lowest BCUT2D eigenvalue weighted by atomic mass is 9.86. The van der Waals surface area contributed by atoms with Gasteiger partial charge in [0.2, 0.25) is 10.0 Å². The minimum Gasteiger partial charge on any atom is -0.312 e. The first kappa shape index (κ1) is 16.0. The van der Waals surface area contributed by atoms with Crippen LogP contribution >= 0.6 is 0 Å². The Bertz CT molecular complexity index is 586. The second kappa shape index (κ2) is 7.55. The van der Waals surface area contributed by atoms with Crippen molar-refractivity contribution in [3.63, 3.8) is 0 Å². The highest BCUT2D eigenvalue weighted by atomic mass is 32.2. The van der Waals surface area contributed by atoms with E-state index in [0.717, 1.165) is 18.4 Å². The lowest BCUT2D eigenvalue weighted by molar-refractivity contribution is 0.316. The zero-order chi connectivity index (χ0) is 15.1. The summed E-state index contributed by atoms with van der Waals surface area (Å²) in [6.45, 7) is 1.60. The third-order valence-corrected chi connectivity index (χ3v) is 5.12. The minimum atomic E-state index is -3.17. The third kappa shape index (κ3) is 5.46.